The second-order valence-corrected chi connectivity index (χ2v) is 33.5. The molecular weight excluding hydrogens is 1310 g/mol. The molecular formula is C81H158O17P2. The molecule has 100 heavy (non-hydrogen) atoms. The van der Waals surface area contributed by atoms with Crippen molar-refractivity contribution >= 4 is 39.5 Å². The number of aliphatic hydroxyl groups excluding tert-OH is 1. The van der Waals surface area contributed by atoms with Crippen LogP contribution in [-0.4, -0.2) is 96.7 Å². The molecule has 7 atom stereocenters. The molecule has 0 heterocycles. The fourth-order valence-electron chi connectivity index (χ4n) is 12.4. The summed E-state index contributed by atoms with van der Waals surface area (Å²) in [6.45, 7) is 14.2. The van der Waals surface area contributed by atoms with E-state index in [1.54, 1.807) is 0 Å². The number of ether oxygens (including phenoxy) is 4. The van der Waals surface area contributed by atoms with Crippen LogP contribution in [0.5, 0.6) is 0 Å². The van der Waals surface area contributed by atoms with Crippen molar-refractivity contribution in [2.24, 2.45) is 23.7 Å². The zero-order valence-corrected chi connectivity index (χ0v) is 67.6. The van der Waals surface area contributed by atoms with Gasteiger partial charge in [0.25, 0.3) is 0 Å². The number of phosphoric ester groups is 2. The van der Waals surface area contributed by atoms with Gasteiger partial charge >= 0.3 is 39.5 Å². The Balaban J connectivity index is 5.14. The number of esters is 4. The summed E-state index contributed by atoms with van der Waals surface area (Å²) in [7, 11) is -9.92. The van der Waals surface area contributed by atoms with E-state index in [0.717, 1.165) is 120 Å². The highest BCUT2D eigenvalue weighted by Crippen LogP contribution is 2.45. The van der Waals surface area contributed by atoms with Gasteiger partial charge < -0.3 is 33.8 Å². The van der Waals surface area contributed by atoms with Crippen LogP contribution in [0.2, 0.25) is 0 Å². The highest BCUT2D eigenvalue weighted by molar-refractivity contribution is 7.47. The van der Waals surface area contributed by atoms with Gasteiger partial charge in [-0.1, -0.05) is 364 Å². The van der Waals surface area contributed by atoms with Crippen LogP contribution in [0.1, 0.15) is 415 Å². The van der Waals surface area contributed by atoms with Crippen LogP contribution in [0.3, 0.4) is 0 Å². The molecule has 0 fully saturated rings. The minimum absolute atomic E-state index is 0.106. The van der Waals surface area contributed by atoms with Gasteiger partial charge in [0.2, 0.25) is 0 Å². The molecule has 0 rings (SSSR count). The molecule has 0 amide bonds. The molecule has 0 saturated carbocycles. The van der Waals surface area contributed by atoms with Crippen molar-refractivity contribution in [1.82, 2.24) is 0 Å². The van der Waals surface area contributed by atoms with Crippen molar-refractivity contribution in [2.75, 3.05) is 39.6 Å². The maximum atomic E-state index is 13.1. The Bertz CT molecular complexity index is 1960. The number of unbranched alkanes of at least 4 members (excludes halogenated alkanes) is 42. The zero-order chi connectivity index (χ0) is 73.8. The predicted molar refractivity (Wildman–Crippen MR) is 409 cm³/mol. The molecule has 19 heteroatoms. The van der Waals surface area contributed by atoms with E-state index in [2.05, 4.69) is 55.4 Å². The quantitative estimate of drug-likeness (QED) is 0.0222. The lowest BCUT2D eigenvalue weighted by Gasteiger charge is -2.21. The van der Waals surface area contributed by atoms with Crippen molar-refractivity contribution in [1.29, 1.82) is 0 Å². The molecule has 3 N–H and O–H groups in total. The molecule has 0 aromatic rings. The van der Waals surface area contributed by atoms with Gasteiger partial charge in [-0.25, -0.2) is 9.13 Å². The molecule has 4 unspecified atom stereocenters. The second-order valence-electron chi connectivity index (χ2n) is 30.6. The number of carbonyl (C=O) groups excluding carboxylic acids is 4. The van der Waals surface area contributed by atoms with Crippen molar-refractivity contribution in [2.45, 2.75) is 433 Å². The average Bonchev–Trinajstić information content (AvgIpc) is 0.920. The van der Waals surface area contributed by atoms with Crippen LogP contribution >= 0.6 is 15.6 Å². The monoisotopic (exact) mass is 1470 g/mol. The molecule has 0 aromatic carbocycles. The molecule has 0 aromatic heterocycles. The molecule has 0 aliphatic heterocycles. The van der Waals surface area contributed by atoms with E-state index in [4.69, 9.17) is 37.0 Å². The third kappa shape index (κ3) is 71.7. The van der Waals surface area contributed by atoms with E-state index < -0.39 is 97.5 Å². The summed E-state index contributed by atoms with van der Waals surface area (Å²) in [6.07, 6.45) is 57.2. The number of phosphoric acid groups is 2. The predicted octanol–water partition coefficient (Wildman–Crippen LogP) is 24.0. The Hall–Kier alpha value is -1.94. The minimum atomic E-state index is -4.96. The molecule has 0 aliphatic rings. The van der Waals surface area contributed by atoms with Crippen LogP contribution in [0.15, 0.2) is 0 Å². The van der Waals surface area contributed by atoms with E-state index in [0.29, 0.717) is 31.6 Å². The summed E-state index contributed by atoms with van der Waals surface area (Å²) >= 11 is 0. The second kappa shape index (κ2) is 70.1. The molecule has 0 spiro atoms. The van der Waals surface area contributed by atoms with Gasteiger partial charge in [0, 0.05) is 25.7 Å². The third-order valence-electron chi connectivity index (χ3n) is 19.5. The lowest BCUT2D eigenvalue weighted by molar-refractivity contribution is -0.161. The molecule has 0 saturated heterocycles. The summed E-state index contributed by atoms with van der Waals surface area (Å²) in [4.78, 5) is 72.9. The third-order valence-corrected chi connectivity index (χ3v) is 21.4. The van der Waals surface area contributed by atoms with Gasteiger partial charge in [-0.2, -0.15) is 0 Å². The first-order chi connectivity index (χ1) is 48.2. The first-order valence-corrected chi connectivity index (χ1v) is 44.8. The van der Waals surface area contributed by atoms with Crippen LogP contribution < -0.4 is 0 Å². The summed E-state index contributed by atoms with van der Waals surface area (Å²) in [5.41, 5.74) is 0. The maximum Gasteiger partial charge on any atom is 0.472 e. The fourth-order valence-corrected chi connectivity index (χ4v) is 13.9. The smallest absolute Gasteiger partial charge is 0.462 e. The fraction of sp³-hybridized carbons (Fsp3) is 0.951. The normalized spacial score (nSPS) is 14.6. The number of aliphatic hydroxyl groups is 1. The number of hydrogen-bond acceptors (Lipinski definition) is 15. The van der Waals surface area contributed by atoms with Crippen molar-refractivity contribution in [3.63, 3.8) is 0 Å². The minimum Gasteiger partial charge on any atom is -0.462 e. The first kappa shape index (κ1) is 98.1. The topological polar surface area (TPSA) is 237 Å². The molecule has 0 bridgehead atoms. The molecule has 0 aliphatic carbocycles. The van der Waals surface area contributed by atoms with Gasteiger partial charge in [0.15, 0.2) is 12.2 Å². The van der Waals surface area contributed by atoms with Gasteiger partial charge in [0.05, 0.1) is 26.4 Å². The lowest BCUT2D eigenvalue weighted by Crippen LogP contribution is -2.30. The van der Waals surface area contributed by atoms with Crippen LogP contribution in [0.4, 0.5) is 0 Å². The van der Waals surface area contributed by atoms with Crippen molar-refractivity contribution < 1.29 is 80.2 Å². The SMILES string of the molecule is CCC(C)CCCCCCCCCCCCCCCCCCCCC(=O)O[C@H](COC(=O)CCCCCCCCC(C)CC)COP(=O)(O)OC[C@H](O)COP(=O)(O)OC[C@@H](COC(=O)CCCCCCCCC(C)C)OC(=O)CCCCCCCCCCCCCCCCCCC(C)C. The highest BCUT2D eigenvalue weighted by atomic mass is 31.2. The molecule has 17 nitrogen and oxygen atoms in total. The van der Waals surface area contributed by atoms with Gasteiger partial charge in [-0.15, -0.1) is 0 Å². The summed E-state index contributed by atoms with van der Waals surface area (Å²) in [6, 6.07) is 0. The largest absolute Gasteiger partial charge is 0.472 e. The Labute approximate surface area is 613 Å². The number of hydrogen-bond donors (Lipinski definition) is 3. The first-order valence-electron chi connectivity index (χ1n) is 41.8. The van der Waals surface area contributed by atoms with E-state index in [9.17, 15) is 43.2 Å². The van der Waals surface area contributed by atoms with Gasteiger partial charge in [-0.3, -0.25) is 37.3 Å². The Morgan fingerprint density at radius 2 is 0.480 bits per heavy atom. The standard InChI is InChI=1S/C81H158O17P2/c1-9-73(7)59-51-43-34-30-26-22-18-13-11-12-14-19-23-27-31-35-47-55-64-81(86)98-77(68-92-79(84)62-54-46-40-38-44-52-60-74(8)10-2)70-96-100(89,90)94-66-75(82)65-93-99(87,88)95-69-76(67-91-78(83)61-53-45-39-37-42-50-58-72(5)6)97-80(85)63-56-48-36-32-28-24-20-16-15-17-21-25-29-33-41-49-57-71(3)4/h71-77,82H,9-70H2,1-8H3,(H,87,88)(H,89,90)/t73?,74?,75-,76-,77-/m1/s1. The summed E-state index contributed by atoms with van der Waals surface area (Å²) in [5.74, 6) is 0.971. The lowest BCUT2D eigenvalue weighted by atomic mass is 9.99. The van der Waals surface area contributed by atoms with Crippen LogP contribution in [-0.2, 0) is 65.4 Å². The summed E-state index contributed by atoms with van der Waals surface area (Å²) in [5, 5.41) is 10.6. The number of rotatable bonds is 78. The van der Waals surface area contributed by atoms with E-state index in [1.807, 2.05) is 0 Å². The van der Waals surface area contributed by atoms with E-state index in [1.165, 1.54) is 205 Å². The van der Waals surface area contributed by atoms with Crippen LogP contribution in [0.25, 0.3) is 0 Å². The average molecular weight is 1470 g/mol. The van der Waals surface area contributed by atoms with Crippen molar-refractivity contribution in [3.05, 3.63) is 0 Å². The maximum absolute atomic E-state index is 13.1. The van der Waals surface area contributed by atoms with Crippen molar-refractivity contribution in [3.8, 4) is 0 Å². The highest BCUT2D eigenvalue weighted by Gasteiger charge is 2.30. The Morgan fingerprint density at radius 3 is 0.710 bits per heavy atom. The van der Waals surface area contributed by atoms with Gasteiger partial charge in [0.1, 0.15) is 19.3 Å². The van der Waals surface area contributed by atoms with Crippen LogP contribution in [0, 0.1) is 23.7 Å². The molecule has 594 valence electrons. The Morgan fingerprint density at radius 1 is 0.280 bits per heavy atom. The molecule has 0 radical (unpaired) electrons. The Kier molecular flexibility index (Phi) is 68.7. The summed E-state index contributed by atoms with van der Waals surface area (Å²) < 4.78 is 68.6. The van der Waals surface area contributed by atoms with E-state index >= 15 is 0 Å². The van der Waals surface area contributed by atoms with E-state index in [-0.39, 0.29) is 25.7 Å². The zero-order valence-electron chi connectivity index (χ0n) is 65.8. The number of carbonyl (C=O) groups is 4. The van der Waals surface area contributed by atoms with Gasteiger partial charge in [-0.05, 0) is 49.4 Å².